The molecule has 7 heteroatoms. The average Bonchev–Trinajstić information content (AvgIpc) is 2.87. The van der Waals surface area contributed by atoms with E-state index >= 15 is 0 Å². The highest BCUT2D eigenvalue weighted by molar-refractivity contribution is 5.76. The number of aromatic nitrogens is 4. The number of nitrogens with one attached hydrogen (secondary N) is 2. The molecular formula is C15H14F2N4O. The molecule has 0 aliphatic heterocycles. The normalized spacial score (nSPS) is 11.5. The summed E-state index contributed by atoms with van der Waals surface area (Å²) in [6.07, 6.45) is -0.133. The Balaban J connectivity index is 2.12. The fourth-order valence-corrected chi connectivity index (χ4v) is 2.33. The number of benzene rings is 1. The first kappa shape index (κ1) is 14.4. The van der Waals surface area contributed by atoms with Crippen LogP contribution in [-0.2, 0) is 6.42 Å². The van der Waals surface area contributed by atoms with Crippen LogP contribution in [0.5, 0.6) is 0 Å². The quantitative estimate of drug-likeness (QED) is 0.781. The third-order valence-corrected chi connectivity index (χ3v) is 3.45. The minimum atomic E-state index is -0.668. The molecule has 2 heterocycles. The lowest BCUT2D eigenvalue weighted by Crippen LogP contribution is -2.13. The molecule has 2 N–H and O–H groups in total. The summed E-state index contributed by atoms with van der Waals surface area (Å²) >= 11 is 0. The van der Waals surface area contributed by atoms with E-state index in [1.807, 2.05) is 13.8 Å². The van der Waals surface area contributed by atoms with E-state index in [1.165, 1.54) is 18.2 Å². The van der Waals surface area contributed by atoms with Crippen LogP contribution in [0.4, 0.5) is 8.78 Å². The molecule has 0 amide bonds. The van der Waals surface area contributed by atoms with Crippen LogP contribution < -0.4 is 5.56 Å². The predicted octanol–water partition coefficient (Wildman–Crippen LogP) is 2.64. The molecule has 0 bridgehead atoms. The molecule has 0 unspecified atom stereocenters. The molecule has 3 aromatic rings. The van der Waals surface area contributed by atoms with Gasteiger partial charge in [-0.05, 0) is 18.1 Å². The van der Waals surface area contributed by atoms with E-state index in [2.05, 4.69) is 20.2 Å². The number of aromatic amines is 2. The van der Waals surface area contributed by atoms with Crippen LogP contribution in [0.1, 0.15) is 36.8 Å². The molecule has 1 aromatic carbocycles. The Morgan fingerprint density at radius 3 is 2.55 bits per heavy atom. The van der Waals surface area contributed by atoms with Gasteiger partial charge in [0.1, 0.15) is 28.5 Å². The maximum atomic E-state index is 13.7. The Morgan fingerprint density at radius 2 is 1.91 bits per heavy atom. The van der Waals surface area contributed by atoms with Crippen molar-refractivity contribution in [3.8, 4) is 0 Å². The van der Waals surface area contributed by atoms with Crippen molar-refractivity contribution in [1.29, 1.82) is 0 Å². The first-order valence-electron chi connectivity index (χ1n) is 6.87. The van der Waals surface area contributed by atoms with E-state index in [4.69, 9.17) is 0 Å². The highest BCUT2D eigenvalue weighted by Crippen LogP contribution is 2.20. The molecule has 114 valence electrons. The van der Waals surface area contributed by atoms with Crippen molar-refractivity contribution in [2.45, 2.75) is 26.2 Å². The van der Waals surface area contributed by atoms with Gasteiger partial charge in [0.25, 0.3) is 5.56 Å². The van der Waals surface area contributed by atoms with E-state index in [0.717, 1.165) is 0 Å². The number of rotatable bonds is 3. The van der Waals surface area contributed by atoms with Crippen molar-refractivity contribution < 1.29 is 8.78 Å². The lowest BCUT2D eigenvalue weighted by Gasteiger charge is -2.05. The lowest BCUT2D eigenvalue weighted by atomic mass is 10.1. The molecule has 22 heavy (non-hydrogen) atoms. The summed E-state index contributed by atoms with van der Waals surface area (Å²) in [6, 6.07) is 3.64. The summed E-state index contributed by atoms with van der Waals surface area (Å²) in [5.74, 6) is -1.07. The molecule has 0 saturated carbocycles. The summed E-state index contributed by atoms with van der Waals surface area (Å²) in [5, 5.41) is 6.73. The molecule has 0 fully saturated rings. The summed E-state index contributed by atoms with van der Waals surface area (Å²) in [5.41, 5.74) is 0.819. The highest BCUT2D eigenvalue weighted by atomic mass is 19.1. The van der Waals surface area contributed by atoms with Gasteiger partial charge in [-0.15, -0.1) is 0 Å². The van der Waals surface area contributed by atoms with Gasteiger partial charge in [0, 0.05) is 12.0 Å². The van der Waals surface area contributed by atoms with Gasteiger partial charge >= 0.3 is 0 Å². The monoisotopic (exact) mass is 304 g/mol. The molecule has 3 rings (SSSR count). The fraction of sp³-hybridized carbons (Fsp3) is 0.267. The van der Waals surface area contributed by atoms with Crippen LogP contribution in [0, 0.1) is 11.6 Å². The molecular weight excluding hydrogens is 290 g/mol. The molecule has 0 aliphatic carbocycles. The second kappa shape index (κ2) is 5.32. The van der Waals surface area contributed by atoms with Gasteiger partial charge in [-0.2, -0.15) is 5.10 Å². The zero-order chi connectivity index (χ0) is 15.9. The second-order valence-corrected chi connectivity index (χ2v) is 5.38. The predicted molar refractivity (Wildman–Crippen MR) is 77.8 cm³/mol. The molecule has 0 saturated heterocycles. The third kappa shape index (κ3) is 2.38. The van der Waals surface area contributed by atoms with Crippen molar-refractivity contribution in [1.82, 2.24) is 20.2 Å². The summed E-state index contributed by atoms with van der Waals surface area (Å²) in [7, 11) is 0. The fourth-order valence-electron chi connectivity index (χ4n) is 2.33. The van der Waals surface area contributed by atoms with Gasteiger partial charge in [0.15, 0.2) is 0 Å². The third-order valence-electron chi connectivity index (χ3n) is 3.45. The van der Waals surface area contributed by atoms with Gasteiger partial charge in [-0.25, -0.2) is 13.8 Å². The average molecular weight is 304 g/mol. The van der Waals surface area contributed by atoms with Crippen molar-refractivity contribution in [3.63, 3.8) is 0 Å². The van der Waals surface area contributed by atoms with E-state index < -0.39 is 17.2 Å². The Kier molecular flexibility index (Phi) is 3.48. The SMILES string of the molecule is CC(C)c1n[nH]c2c(=O)[nH]c(Cc3c(F)cccc3F)nc12. The summed E-state index contributed by atoms with van der Waals surface area (Å²) < 4.78 is 27.4. The molecule has 0 aliphatic rings. The minimum absolute atomic E-state index is 0.0705. The van der Waals surface area contributed by atoms with Crippen molar-refractivity contribution in [2.24, 2.45) is 0 Å². The number of nitrogens with zero attached hydrogens (tertiary/aromatic N) is 2. The standard InChI is InChI=1S/C15H14F2N4O/c1-7(2)12-13-14(21-20-12)15(22)19-11(18-13)6-8-9(16)4-3-5-10(8)17/h3-5,7H,6H2,1-2H3,(H,20,21)(H,18,19,22). The Morgan fingerprint density at radius 1 is 1.23 bits per heavy atom. The van der Waals surface area contributed by atoms with Gasteiger partial charge in [0.2, 0.25) is 0 Å². The highest BCUT2D eigenvalue weighted by Gasteiger charge is 2.16. The van der Waals surface area contributed by atoms with Crippen molar-refractivity contribution in [2.75, 3.05) is 0 Å². The topological polar surface area (TPSA) is 74.4 Å². The van der Waals surface area contributed by atoms with Crippen LogP contribution in [0.2, 0.25) is 0 Å². The van der Waals surface area contributed by atoms with Crippen LogP contribution in [0.15, 0.2) is 23.0 Å². The zero-order valence-electron chi connectivity index (χ0n) is 12.1. The van der Waals surface area contributed by atoms with E-state index in [1.54, 1.807) is 0 Å². The lowest BCUT2D eigenvalue weighted by molar-refractivity contribution is 0.559. The summed E-state index contributed by atoms with van der Waals surface area (Å²) in [6.45, 7) is 3.85. The zero-order valence-corrected chi connectivity index (χ0v) is 12.1. The number of fused-ring (bicyclic) bond motifs is 1. The van der Waals surface area contributed by atoms with E-state index in [0.29, 0.717) is 11.2 Å². The largest absolute Gasteiger partial charge is 0.308 e. The Bertz CT molecular complexity index is 878. The van der Waals surface area contributed by atoms with Gasteiger partial charge < -0.3 is 4.98 Å². The van der Waals surface area contributed by atoms with Gasteiger partial charge in [-0.1, -0.05) is 19.9 Å². The Labute approximate surface area is 124 Å². The Hall–Kier alpha value is -2.57. The van der Waals surface area contributed by atoms with Crippen LogP contribution >= 0.6 is 0 Å². The molecule has 5 nitrogen and oxygen atoms in total. The number of hydrogen-bond acceptors (Lipinski definition) is 3. The first-order valence-corrected chi connectivity index (χ1v) is 6.87. The van der Waals surface area contributed by atoms with Crippen LogP contribution in [0.3, 0.4) is 0 Å². The van der Waals surface area contributed by atoms with Gasteiger partial charge in [0.05, 0.1) is 5.69 Å². The first-order chi connectivity index (χ1) is 10.5. The summed E-state index contributed by atoms with van der Waals surface area (Å²) in [4.78, 5) is 18.9. The van der Waals surface area contributed by atoms with Crippen molar-refractivity contribution in [3.05, 3.63) is 57.3 Å². The van der Waals surface area contributed by atoms with E-state index in [9.17, 15) is 13.6 Å². The molecule has 0 atom stereocenters. The molecule has 2 aromatic heterocycles. The number of hydrogen-bond donors (Lipinski definition) is 2. The van der Waals surface area contributed by atoms with Crippen LogP contribution in [0.25, 0.3) is 11.0 Å². The molecule has 0 spiro atoms. The van der Waals surface area contributed by atoms with Gasteiger partial charge in [-0.3, -0.25) is 9.89 Å². The minimum Gasteiger partial charge on any atom is -0.308 e. The second-order valence-electron chi connectivity index (χ2n) is 5.38. The maximum Gasteiger partial charge on any atom is 0.276 e. The number of H-pyrrole nitrogens is 2. The van der Waals surface area contributed by atoms with Crippen molar-refractivity contribution >= 4 is 11.0 Å². The molecule has 0 radical (unpaired) electrons. The smallest absolute Gasteiger partial charge is 0.276 e. The maximum absolute atomic E-state index is 13.7. The number of halogens is 2. The van der Waals surface area contributed by atoms with E-state index in [-0.39, 0.29) is 29.2 Å². The van der Waals surface area contributed by atoms with Crippen LogP contribution in [-0.4, -0.2) is 20.2 Å².